The fourth-order valence-electron chi connectivity index (χ4n) is 0.715. The highest BCUT2D eigenvalue weighted by Crippen LogP contribution is 1.88. The second-order valence-electron chi connectivity index (χ2n) is 2.55. The van der Waals surface area contributed by atoms with Gasteiger partial charge >= 0.3 is 11.9 Å². The summed E-state index contributed by atoms with van der Waals surface area (Å²) in [5.41, 5.74) is 0. The Balaban J connectivity index is 4.11. The van der Waals surface area contributed by atoms with Gasteiger partial charge in [0.2, 0.25) is 5.91 Å². The molecule has 0 heterocycles. The Hall–Kier alpha value is -1.59. The Morgan fingerprint density at radius 3 is 2.36 bits per heavy atom. The maximum Gasteiger partial charge on any atom is 0.397 e. The van der Waals surface area contributed by atoms with Crippen LogP contribution < -0.4 is 5.32 Å². The Morgan fingerprint density at radius 1 is 1.36 bits per heavy atom. The van der Waals surface area contributed by atoms with E-state index < -0.39 is 11.9 Å². The molecular weight excluding hydrogens is 188 g/mol. The zero-order valence-corrected chi connectivity index (χ0v) is 8.49. The first-order valence-electron chi connectivity index (χ1n) is 4.15. The SMILES string of the molecule is CCOC(=O)C(=O)N(C)CC(=O)NC. The van der Waals surface area contributed by atoms with Gasteiger partial charge in [0.15, 0.2) is 0 Å². The number of rotatable bonds is 3. The molecule has 0 saturated carbocycles. The lowest BCUT2D eigenvalue weighted by Gasteiger charge is -2.14. The van der Waals surface area contributed by atoms with E-state index in [4.69, 9.17) is 0 Å². The third-order valence-corrected chi connectivity index (χ3v) is 1.46. The van der Waals surface area contributed by atoms with Crippen molar-refractivity contribution in [2.45, 2.75) is 6.92 Å². The minimum absolute atomic E-state index is 0.137. The van der Waals surface area contributed by atoms with Gasteiger partial charge in [-0.2, -0.15) is 0 Å². The molecule has 0 aliphatic heterocycles. The standard InChI is InChI=1S/C8H14N2O4/c1-4-14-8(13)7(12)10(3)5-6(11)9-2/h4-5H2,1-3H3,(H,9,11). The molecule has 0 aromatic carbocycles. The molecule has 0 rings (SSSR count). The molecule has 2 amide bonds. The number of carbonyl (C=O) groups excluding carboxylic acids is 3. The first-order chi connectivity index (χ1) is 6.52. The quantitative estimate of drug-likeness (QED) is 0.458. The summed E-state index contributed by atoms with van der Waals surface area (Å²) < 4.78 is 4.48. The first kappa shape index (κ1) is 12.4. The second kappa shape index (κ2) is 5.95. The second-order valence-corrected chi connectivity index (χ2v) is 2.55. The lowest BCUT2D eigenvalue weighted by Crippen LogP contribution is -2.40. The third-order valence-electron chi connectivity index (χ3n) is 1.46. The Labute approximate surface area is 82.2 Å². The molecule has 0 saturated heterocycles. The number of nitrogens with zero attached hydrogens (tertiary/aromatic N) is 1. The summed E-state index contributed by atoms with van der Waals surface area (Å²) in [4.78, 5) is 33.9. The van der Waals surface area contributed by atoms with E-state index in [0.717, 1.165) is 4.90 Å². The predicted molar refractivity (Wildman–Crippen MR) is 48.3 cm³/mol. The highest BCUT2D eigenvalue weighted by atomic mass is 16.5. The van der Waals surface area contributed by atoms with Crippen molar-refractivity contribution in [3.63, 3.8) is 0 Å². The molecule has 0 aromatic heterocycles. The summed E-state index contributed by atoms with van der Waals surface area (Å²) in [6.45, 7) is 1.58. The molecule has 6 heteroatoms. The van der Waals surface area contributed by atoms with Crippen LogP contribution in [0.1, 0.15) is 6.92 Å². The van der Waals surface area contributed by atoms with Gasteiger partial charge < -0.3 is 15.0 Å². The van der Waals surface area contributed by atoms with E-state index >= 15 is 0 Å². The molecular formula is C8H14N2O4. The smallest absolute Gasteiger partial charge is 0.397 e. The highest BCUT2D eigenvalue weighted by molar-refractivity contribution is 6.32. The van der Waals surface area contributed by atoms with Gasteiger partial charge in [-0.05, 0) is 6.92 Å². The monoisotopic (exact) mass is 202 g/mol. The predicted octanol–water partition coefficient (Wildman–Crippen LogP) is -1.25. The van der Waals surface area contributed by atoms with Gasteiger partial charge in [-0.25, -0.2) is 4.79 Å². The summed E-state index contributed by atoms with van der Waals surface area (Å²) in [6, 6.07) is 0. The van der Waals surface area contributed by atoms with Crippen molar-refractivity contribution < 1.29 is 19.1 Å². The number of hydrogen-bond acceptors (Lipinski definition) is 4. The fourth-order valence-corrected chi connectivity index (χ4v) is 0.715. The normalized spacial score (nSPS) is 9.07. The zero-order chi connectivity index (χ0) is 11.1. The summed E-state index contributed by atoms with van der Waals surface area (Å²) in [7, 11) is 2.81. The van der Waals surface area contributed by atoms with Gasteiger partial charge in [0.1, 0.15) is 0 Å². The van der Waals surface area contributed by atoms with E-state index in [9.17, 15) is 14.4 Å². The summed E-state index contributed by atoms with van der Waals surface area (Å²) >= 11 is 0. The van der Waals surface area contributed by atoms with Crippen molar-refractivity contribution in [1.29, 1.82) is 0 Å². The van der Waals surface area contributed by atoms with Crippen LogP contribution in [0.25, 0.3) is 0 Å². The molecule has 0 fully saturated rings. The molecule has 0 spiro atoms. The lowest BCUT2D eigenvalue weighted by molar-refractivity contribution is -0.159. The van der Waals surface area contributed by atoms with Gasteiger partial charge in [0.25, 0.3) is 0 Å². The molecule has 0 radical (unpaired) electrons. The maximum atomic E-state index is 11.2. The van der Waals surface area contributed by atoms with E-state index in [0.29, 0.717) is 0 Å². The molecule has 0 unspecified atom stereocenters. The number of esters is 1. The van der Waals surface area contributed by atoms with Gasteiger partial charge in [0.05, 0.1) is 13.2 Å². The number of hydrogen-bond donors (Lipinski definition) is 1. The van der Waals surface area contributed by atoms with Crippen LogP contribution in [-0.2, 0) is 19.1 Å². The number of amides is 2. The van der Waals surface area contributed by atoms with Crippen molar-refractivity contribution in [2.75, 3.05) is 27.2 Å². The van der Waals surface area contributed by atoms with Crippen LogP contribution in [0.5, 0.6) is 0 Å². The molecule has 80 valence electrons. The van der Waals surface area contributed by atoms with E-state index in [-0.39, 0.29) is 19.1 Å². The molecule has 6 nitrogen and oxygen atoms in total. The van der Waals surface area contributed by atoms with Crippen LogP contribution >= 0.6 is 0 Å². The van der Waals surface area contributed by atoms with Gasteiger partial charge in [-0.3, -0.25) is 9.59 Å². The topological polar surface area (TPSA) is 75.7 Å². The molecule has 0 bridgehead atoms. The Bertz CT molecular complexity index is 239. The van der Waals surface area contributed by atoms with E-state index in [1.807, 2.05) is 0 Å². The van der Waals surface area contributed by atoms with Crippen molar-refractivity contribution in [2.24, 2.45) is 0 Å². The molecule has 1 N–H and O–H groups in total. The Kier molecular flexibility index (Phi) is 5.28. The lowest BCUT2D eigenvalue weighted by atomic mass is 10.4. The summed E-state index contributed by atoms with van der Waals surface area (Å²) in [6.07, 6.45) is 0. The molecule has 0 atom stereocenters. The average molecular weight is 202 g/mol. The average Bonchev–Trinajstić information content (AvgIpc) is 2.16. The van der Waals surface area contributed by atoms with Crippen molar-refractivity contribution in [3.05, 3.63) is 0 Å². The highest BCUT2D eigenvalue weighted by Gasteiger charge is 2.21. The number of likely N-dealkylation sites (N-methyl/N-ethyl adjacent to an activating group) is 2. The van der Waals surface area contributed by atoms with Crippen molar-refractivity contribution >= 4 is 17.8 Å². The van der Waals surface area contributed by atoms with Crippen molar-refractivity contribution in [3.8, 4) is 0 Å². The largest absolute Gasteiger partial charge is 0.459 e. The number of carbonyl (C=O) groups is 3. The summed E-state index contributed by atoms with van der Waals surface area (Å²) in [5, 5.41) is 2.34. The maximum absolute atomic E-state index is 11.2. The minimum atomic E-state index is -0.945. The zero-order valence-electron chi connectivity index (χ0n) is 8.49. The van der Waals surface area contributed by atoms with Crippen LogP contribution in [0, 0.1) is 0 Å². The van der Waals surface area contributed by atoms with Gasteiger partial charge in [0, 0.05) is 14.1 Å². The van der Waals surface area contributed by atoms with Crippen LogP contribution in [0.4, 0.5) is 0 Å². The van der Waals surface area contributed by atoms with Gasteiger partial charge in [-0.15, -0.1) is 0 Å². The van der Waals surface area contributed by atoms with E-state index in [1.165, 1.54) is 14.1 Å². The molecule has 0 aliphatic rings. The van der Waals surface area contributed by atoms with Crippen LogP contribution in [0.3, 0.4) is 0 Å². The summed E-state index contributed by atoms with van der Waals surface area (Å²) in [5.74, 6) is -2.11. The third kappa shape index (κ3) is 3.88. The number of nitrogens with one attached hydrogen (secondary N) is 1. The van der Waals surface area contributed by atoms with Crippen LogP contribution in [0.15, 0.2) is 0 Å². The first-order valence-corrected chi connectivity index (χ1v) is 4.15. The Morgan fingerprint density at radius 2 is 1.93 bits per heavy atom. The van der Waals surface area contributed by atoms with E-state index in [2.05, 4.69) is 10.1 Å². The molecule has 0 aliphatic carbocycles. The number of ether oxygens (including phenoxy) is 1. The molecule has 14 heavy (non-hydrogen) atoms. The van der Waals surface area contributed by atoms with Crippen molar-refractivity contribution in [1.82, 2.24) is 10.2 Å². The molecule has 0 aromatic rings. The van der Waals surface area contributed by atoms with E-state index in [1.54, 1.807) is 6.92 Å². The van der Waals surface area contributed by atoms with Gasteiger partial charge in [-0.1, -0.05) is 0 Å². The van der Waals surface area contributed by atoms with Crippen LogP contribution in [-0.4, -0.2) is 49.9 Å². The minimum Gasteiger partial charge on any atom is -0.459 e. The van der Waals surface area contributed by atoms with Crippen LogP contribution in [0.2, 0.25) is 0 Å². The fraction of sp³-hybridized carbons (Fsp3) is 0.625.